The molecule has 3 atom stereocenters. The largest absolute Gasteiger partial charge is 0.273 e. The average molecular weight is 517 g/mol. The van der Waals surface area contributed by atoms with E-state index in [1.165, 1.54) is 11.0 Å². The van der Waals surface area contributed by atoms with Crippen molar-refractivity contribution in [2.75, 3.05) is 9.96 Å². The van der Waals surface area contributed by atoms with Gasteiger partial charge >= 0.3 is 0 Å². The summed E-state index contributed by atoms with van der Waals surface area (Å²) >= 11 is 3.25. The van der Waals surface area contributed by atoms with Crippen molar-refractivity contribution in [3.63, 3.8) is 0 Å². The Bertz CT molecular complexity index is 1440. The molecule has 34 heavy (non-hydrogen) atoms. The van der Waals surface area contributed by atoms with E-state index in [-0.39, 0.29) is 10.4 Å². The van der Waals surface area contributed by atoms with E-state index in [4.69, 9.17) is 4.84 Å². The van der Waals surface area contributed by atoms with E-state index in [1.54, 1.807) is 23.3 Å². The summed E-state index contributed by atoms with van der Waals surface area (Å²) in [7, 11) is 0. The van der Waals surface area contributed by atoms with Crippen molar-refractivity contribution >= 4 is 49.9 Å². The van der Waals surface area contributed by atoms with Crippen LogP contribution in [0, 0.1) is 11.7 Å². The molecule has 2 saturated heterocycles. The molecule has 0 aliphatic carbocycles. The van der Waals surface area contributed by atoms with Gasteiger partial charge in [-0.25, -0.2) is 14.4 Å². The second-order valence-electron chi connectivity index (χ2n) is 8.34. The number of hydrogen-bond donors (Lipinski definition) is 0. The van der Waals surface area contributed by atoms with Gasteiger partial charge < -0.3 is 0 Å². The number of rotatable bonds is 3. The maximum Gasteiger partial charge on any atom is 0.266 e. The highest BCUT2D eigenvalue weighted by atomic mass is 79.9. The number of carbonyl (C=O) groups excluding carboxylic acids is 2. The Hall–Kier alpha value is -3.55. The summed E-state index contributed by atoms with van der Waals surface area (Å²) < 4.78 is 14.3. The lowest BCUT2D eigenvalue weighted by molar-refractivity contribution is -0.126. The van der Waals surface area contributed by atoms with Crippen LogP contribution in [0.4, 0.5) is 15.8 Å². The van der Waals surface area contributed by atoms with Crippen LogP contribution in [0.3, 0.4) is 0 Å². The molecule has 2 aliphatic rings. The number of anilines is 2. The molecule has 3 unspecified atom stereocenters. The first-order valence-corrected chi connectivity index (χ1v) is 11.7. The molecule has 2 heterocycles. The van der Waals surface area contributed by atoms with E-state index in [0.29, 0.717) is 16.9 Å². The van der Waals surface area contributed by atoms with E-state index in [1.807, 2.05) is 66.7 Å². The highest BCUT2D eigenvalue weighted by molar-refractivity contribution is 9.10. The molecule has 4 aromatic carbocycles. The van der Waals surface area contributed by atoms with E-state index in [0.717, 1.165) is 10.8 Å². The smallest absolute Gasteiger partial charge is 0.266 e. The number of carbonyl (C=O) groups is 2. The van der Waals surface area contributed by atoms with Gasteiger partial charge in [-0.3, -0.25) is 14.4 Å². The van der Waals surface area contributed by atoms with E-state index >= 15 is 0 Å². The van der Waals surface area contributed by atoms with Crippen LogP contribution in [0.2, 0.25) is 0 Å². The molecule has 2 amide bonds. The fourth-order valence-corrected chi connectivity index (χ4v) is 5.29. The van der Waals surface area contributed by atoms with Gasteiger partial charge in [0.1, 0.15) is 11.7 Å². The lowest BCUT2D eigenvalue weighted by Crippen LogP contribution is -2.37. The third-order valence-electron chi connectivity index (χ3n) is 6.42. The molecule has 0 bridgehead atoms. The summed E-state index contributed by atoms with van der Waals surface area (Å²) in [6, 6.07) is 26.5. The second kappa shape index (κ2) is 8.04. The number of amides is 2. The van der Waals surface area contributed by atoms with Gasteiger partial charge in [0.15, 0.2) is 6.10 Å². The van der Waals surface area contributed by atoms with Crippen molar-refractivity contribution < 1.29 is 18.8 Å². The molecule has 5 nitrogen and oxygen atoms in total. The lowest BCUT2D eigenvalue weighted by atomic mass is 9.90. The maximum atomic E-state index is 14.0. The monoisotopic (exact) mass is 516 g/mol. The number of halogens is 2. The molecule has 6 rings (SSSR count). The zero-order chi connectivity index (χ0) is 23.4. The van der Waals surface area contributed by atoms with Crippen LogP contribution in [0.15, 0.2) is 95.5 Å². The van der Waals surface area contributed by atoms with Crippen LogP contribution in [0.1, 0.15) is 11.6 Å². The Morgan fingerprint density at radius 2 is 1.56 bits per heavy atom. The van der Waals surface area contributed by atoms with Crippen molar-refractivity contribution in [3.05, 3.63) is 107 Å². The summed E-state index contributed by atoms with van der Waals surface area (Å²) in [5.74, 6) is -1.94. The first kappa shape index (κ1) is 21.0. The number of hydroxylamine groups is 1. The number of imide groups is 1. The molecular formula is C27H18BrFN2O3. The third kappa shape index (κ3) is 3.15. The molecular weight excluding hydrogens is 499 g/mol. The average Bonchev–Trinajstić information content (AvgIpc) is 3.37. The van der Waals surface area contributed by atoms with Crippen molar-refractivity contribution in [3.8, 4) is 0 Å². The fraction of sp³-hybridized carbons (Fsp3) is 0.111. The number of nitrogens with zero attached hydrogens (tertiary/aromatic N) is 2. The Morgan fingerprint density at radius 1 is 0.824 bits per heavy atom. The lowest BCUT2D eigenvalue weighted by Gasteiger charge is -2.29. The van der Waals surface area contributed by atoms with Crippen LogP contribution in [0.25, 0.3) is 10.8 Å². The Labute approximate surface area is 203 Å². The zero-order valence-corrected chi connectivity index (χ0v) is 19.4. The second-order valence-corrected chi connectivity index (χ2v) is 9.20. The molecule has 168 valence electrons. The van der Waals surface area contributed by atoms with Crippen LogP contribution in [0.5, 0.6) is 0 Å². The maximum absolute atomic E-state index is 14.0. The van der Waals surface area contributed by atoms with Gasteiger partial charge in [0.25, 0.3) is 5.91 Å². The number of fused-ring (bicyclic) bond motifs is 2. The Balaban J connectivity index is 1.48. The molecule has 7 heteroatoms. The standard InChI is InChI=1S/C27H18BrFN2O3/c28-20-15-17(13-14-21(20)29)24-23-25(34-31(24)18-9-2-1-3-10-18)27(33)30(26(23)32)22-12-6-8-16-7-4-5-11-19(16)22/h1-15,23-25H. The molecule has 4 aromatic rings. The third-order valence-corrected chi connectivity index (χ3v) is 7.03. The van der Waals surface area contributed by atoms with Crippen molar-refractivity contribution in [2.24, 2.45) is 5.92 Å². The first-order chi connectivity index (χ1) is 16.5. The summed E-state index contributed by atoms with van der Waals surface area (Å²) in [6.45, 7) is 0. The van der Waals surface area contributed by atoms with Crippen molar-refractivity contribution in [1.29, 1.82) is 0 Å². The van der Waals surface area contributed by atoms with Crippen LogP contribution < -0.4 is 9.96 Å². The predicted octanol–water partition coefficient (Wildman–Crippen LogP) is 5.79. The van der Waals surface area contributed by atoms with Gasteiger partial charge in [-0.2, -0.15) is 0 Å². The fourth-order valence-electron chi connectivity index (χ4n) is 4.89. The van der Waals surface area contributed by atoms with Gasteiger partial charge in [-0.1, -0.05) is 60.7 Å². The zero-order valence-electron chi connectivity index (χ0n) is 17.8. The molecule has 2 fully saturated rings. The highest BCUT2D eigenvalue weighted by Gasteiger charge is 2.60. The molecule has 0 radical (unpaired) electrons. The minimum Gasteiger partial charge on any atom is -0.273 e. The van der Waals surface area contributed by atoms with Gasteiger partial charge in [-0.15, -0.1) is 0 Å². The van der Waals surface area contributed by atoms with Crippen LogP contribution in [-0.4, -0.2) is 17.9 Å². The minimum atomic E-state index is -0.986. The normalized spacial score (nSPS) is 22.0. The minimum absolute atomic E-state index is 0.282. The Kier molecular flexibility index (Phi) is 4.97. The SMILES string of the molecule is O=C1C2ON(c3ccccc3)C(c3ccc(F)c(Br)c3)C2C(=O)N1c1cccc2ccccc12. The summed E-state index contributed by atoms with van der Waals surface area (Å²) in [4.78, 5) is 34.9. The van der Waals surface area contributed by atoms with Crippen LogP contribution >= 0.6 is 15.9 Å². The van der Waals surface area contributed by atoms with Crippen molar-refractivity contribution in [1.82, 2.24) is 0 Å². The molecule has 2 aliphatic heterocycles. The topological polar surface area (TPSA) is 49.9 Å². The van der Waals surface area contributed by atoms with Crippen molar-refractivity contribution in [2.45, 2.75) is 12.1 Å². The van der Waals surface area contributed by atoms with Gasteiger partial charge in [0.2, 0.25) is 5.91 Å². The van der Waals surface area contributed by atoms with E-state index < -0.39 is 29.8 Å². The number of hydrogen-bond acceptors (Lipinski definition) is 4. The number of benzene rings is 4. The van der Waals surface area contributed by atoms with Crippen LogP contribution in [-0.2, 0) is 14.4 Å². The van der Waals surface area contributed by atoms with E-state index in [9.17, 15) is 14.0 Å². The highest BCUT2D eigenvalue weighted by Crippen LogP contribution is 2.48. The molecule has 0 saturated carbocycles. The predicted molar refractivity (Wildman–Crippen MR) is 131 cm³/mol. The summed E-state index contributed by atoms with van der Waals surface area (Å²) in [6.07, 6.45) is -0.986. The van der Waals surface area contributed by atoms with Gasteiger partial charge in [-0.05, 0) is 57.2 Å². The van der Waals surface area contributed by atoms with Gasteiger partial charge in [0.05, 0.1) is 21.9 Å². The molecule has 0 aromatic heterocycles. The molecule has 0 N–H and O–H groups in total. The molecule has 0 spiro atoms. The quantitative estimate of drug-likeness (QED) is 0.323. The first-order valence-electron chi connectivity index (χ1n) is 10.9. The van der Waals surface area contributed by atoms with E-state index in [2.05, 4.69) is 15.9 Å². The van der Waals surface area contributed by atoms with Gasteiger partial charge in [0, 0.05) is 5.39 Å². The Morgan fingerprint density at radius 3 is 2.35 bits per heavy atom. The number of para-hydroxylation sites is 1. The summed E-state index contributed by atoms with van der Waals surface area (Å²) in [5, 5.41) is 3.35. The summed E-state index contributed by atoms with van der Waals surface area (Å²) in [5.41, 5.74) is 1.92.